The molecule has 0 aromatic rings. The van der Waals surface area contributed by atoms with Gasteiger partial charge in [0.1, 0.15) is 0 Å². The summed E-state index contributed by atoms with van der Waals surface area (Å²) in [5.74, 6) is 0. The van der Waals surface area contributed by atoms with Crippen LogP contribution in [0.1, 0.15) is 32.1 Å². The Kier molecular flexibility index (Phi) is 1.69. The summed E-state index contributed by atoms with van der Waals surface area (Å²) in [5, 5.41) is 11.3. The Balaban J connectivity index is 2.04. The minimum atomic E-state index is -0.272. The lowest BCUT2D eigenvalue weighted by Crippen LogP contribution is -2.57. The second kappa shape index (κ2) is 2.46. The molecule has 63 valence electrons. The molecule has 1 heterocycles. The van der Waals surface area contributed by atoms with Crippen LogP contribution in [0.25, 0.3) is 0 Å². The lowest BCUT2D eigenvalue weighted by Gasteiger charge is -2.52. The fraction of sp³-hybridized carbons (Fsp3) is 1.00. The maximum absolute atomic E-state index is 11.3. The van der Waals surface area contributed by atoms with E-state index in [0.29, 0.717) is 5.54 Å². The van der Waals surface area contributed by atoms with Gasteiger partial charge in [0.25, 0.3) is 0 Å². The molecular weight excluding hydrogens is 138 g/mol. The highest BCUT2D eigenvalue weighted by molar-refractivity contribution is 5.00. The summed E-state index contributed by atoms with van der Waals surface area (Å²) >= 11 is 0. The minimum Gasteiger partial charge on any atom is -0.300 e. The van der Waals surface area contributed by atoms with E-state index in [-0.39, 0.29) is 6.10 Å². The summed E-state index contributed by atoms with van der Waals surface area (Å²) in [4.78, 5) is 2.41. The number of hydrogen-bond acceptors (Lipinski definition) is 1. The van der Waals surface area contributed by atoms with Gasteiger partial charge in [-0.3, -0.25) is 0 Å². The van der Waals surface area contributed by atoms with Crippen molar-refractivity contribution in [2.75, 3.05) is 13.6 Å². The van der Waals surface area contributed by atoms with Crippen LogP contribution in [-0.2, 0) is 5.11 Å². The second-order valence-electron chi connectivity index (χ2n) is 4.11. The van der Waals surface area contributed by atoms with E-state index in [9.17, 15) is 5.11 Å². The molecule has 1 aliphatic carbocycles. The normalized spacial score (nSPS) is 37.1. The molecule has 1 aliphatic heterocycles. The second-order valence-corrected chi connectivity index (χ2v) is 4.11. The van der Waals surface area contributed by atoms with Crippen molar-refractivity contribution in [3.8, 4) is 0 Å². The zero-order valence-corrected chi connectivity index (χ0v) is 7.18. The largest absolute Gasteiger partial charge is 0.300 e. The summed E-state index contributed by atoms with van der Waals surface area (Å²) in [6.07, 6.45) is 5.36. The summed E-state index contributed by atoms with van der Waals surface area (Å²) in [6.45, 7) is 1.02. The van der Waals surface area contributed by atoms with E-state index < -0.39 is 0 Å². The molecule has 2 nitrogen and oxygen atoms in total. The highest BCUT2D eigenvalue weighted by Crippen LogP contribution is 2.43. The van der Waals surface area contributed by atoms with E-state index in [4.69, 9.17) is 0 Å². The van der Waals surface area contributed by atoms with E-state index >= 15 is 0 Å². The Morgan fingerprint density at radius 1 is 1.45 bits per heavy atom. The van der Waals surface area contributed by atoms with Gasteiger partial charge in [0.15, 0.2) is 0 Å². The van der Waals surface area contributed by atoms with E-state index in [2.05, 4.69) is 11.9 Å². The molecule has 1 radical (unpaired) electrons. The zero-order valence-electron chi connectivity index (χ0n) is 7.18. The first-order chi connectivity index (χ1) is 5.23. The van der Waals surface area contributed by atoms with Crippen LogP contribution in [0.15, 0.2) is 0 Å². The van der Waals surface area contributed by atoms with Crippen LogP contribution in [0.4, 0.5) is 0 Å². The van der Waals surface area contributed by atoms with Crippen molar-refractivity contribution >= 4 is 0 Å². The molecule has 1 unspecified atom stereocenters. The quantitative estimate of drug-likeness (QED) is 0.517. The van der Waals surface area contributed by atoms with E-state index in [1.807, 2.05) is 0 Å². The van der Waals surface area contributed by atoms with Gasteiger partial charge in [0, 0.05) is 12.1 Å². The first kappa shape index (κ1) is 7.56. The van der Waals surface area contributed by atoms with Gasteiger partial charge in [0.05, 0.1) is 6.10 Å². The number of hydrogen-bond donors (Lipinski definition) is 0. The molecule has 1 saturated heterocycles. The maximum atomic E-state index is 11.3. The van der Waals surface area contributed by atoms with Gasteiger partial charge < -0.3 is 4.90 Å². The fourth-order valence-corrected chi connectivity index (χ4v) is 2.43. The lowest BCUT2D eigenvalue weighted by molar-refractivity contribution is -0.0731. The Bertz CT molecular complexity index is 154. The van der Waals surface area contributed by atoms with Crippen LogP contribution >= 0.6 is 0 Å². The standard InChI is InChI=1S/C9H16NO/c1-10-6-3-8(11)7-9(10)4-2-5-9/h8H,2-7H2,1H3. The predicted molar refractivity (Wildman–Crippen MR) is 42.9 cm³/mol. The smallest absolute Gasteiger partial charge is 0.0959 e. The Hall–Kier alpha value is -0.0800. The summed E-state index contributed by atoms with van der Waals surface area (Å²) in [6, 6.07) is 0. The highest BCUT2D eigenvalue weighted by atomic mass is 16.3. The molecule has 0 aromatic heterocycles. The van der Waals surface area contributed by atoms with E-state index in [0.717, 1.165) is 19.4 Å². The summed E-state index contributed by atoms with van der Waals surface area (Å²) in [7, 11) is 2.17. The molecule has 2 rings (SSSR count). The maximum Gasteiger partial charge on any atom is 0.0959 e. The third-order valence-corrected chi connectivity index (χ3v) is 3.49. The minimum absolute atomic E-state index is 0.272. The van der Waals surface area contributed by atoms with Crippen molar-refractivity contribution < 1.29 is 5.11 Å². The van der Waals surface area contributed by atoms with Gasteiger partial charge >= 0.3 is 0 Å². The van der Waals surface area contributed by atoms with Crippen molar-refractivity contribution in [2.45, 2.75) is 43.7 Å². The van der Waals surface area contributed by atoms with Crippen LogP contribution in [0, 0.1) is 0 Å². The van der Waals surface area contributed by atoms with Crippen molar-refractivity contribution in [3.63, 3.8) is 0 Å². The van der Waals surface area contributed by atoms with Crippen molar-refractivity contribution in [2.24, 2.45) is 0 Å². The molecule has 0 aromatic carbocycles. The number of piperidine rings is 1. The predicted octanol–water partition coefficient (Wildman–Crippen LogP) is 1.43. The number of nitrogens with zero attached hydrogens (tertiary/aromatic N) is 1. The molecule has 11 heavy (non-hydrogen) atoms. The van der Waals surface area contributed by atoms with Gasteiger partial charge in [-0.1, -0.05) is 0 Å². The van der Waals surface area contributed by atoms with Gasteiger partial charge in [-0.25, -0.2) is 5.11 Å². The SMILES string of the molecule is CN1CCC([O])CC12CCC2. The molecule has 1 atom stereocenters. The first-order valence-electron chi connectivity index (χ1n) is 4.60. The van der Waals surface area contributed by atoms with Gasteiger partial charge in [-0.15, -0.1) is 0 Å². The molecule has 0 N–H and O–H groups in total. The van der Waals surface area contributed by atoms with Gasteiger partial charge in [-0.05, 0) is 39.2 Å². The highest BCUT2D eigenvalue weighted by Gasteiger charge is 2.44. The Labute approximate surface area is 68.2 Å². The van der Waals surface area contributed by atoms with Crippen LogP contribution in [0.2, 0.25) is 0 Å². The molecule has 0 bridgehead atoms. The third-order valence-electron chi connectivity index (χ3n) is 3.49. The van der Waals surface area contributed by atoms with Gasteiger partial charge in [-0.2, -0.15) is 0 Å². The third kappa shape index (κ3) is 1.09. The zero-order chi connectivity index (χ0) is 7.90. The van der Waals surface area contributed by atoms with E-state index in [1.54, 1.807) is 0 Å². The summed E-state index contributed by atoms with van der Waals surface area (Å²) < 4.78 is 0. The van der Waals surface area contributed by atoms with Crippen LogP contribution in [-0.4, -0.2) is 30.1 Å². The molecule has 2 heteroatoms. The van der Waals surface area contributed by atoms with Crippen molar-refractivity contribution in [3.05, 3.63) is 0 Å². The number of rotatable bonds is 0. The fourth-order valence-electron chi connectivity index (χ4n) is 2.43. The van der Waals surface area contributed by atoms with Crippen molar-refractivity contribution in [1.82, 2.24) is 4.90 Å². The van der Waals surface area contributed by atoms with Gasteiger partial charge in [0.2, 0.25) is 0 Å². The average molecular weight is 154 g/mol. The summed E-state index contributed by atoms with van der Waals surface area (Å²) in [5.41, 5.74) is 0.352. The van der Waals surface area contributed by atoms with E-state index in [1.165, 1.54) is 19.3 Å². The van der Waals surface area contributed by atoms with Crippen LogP contribution in [0.3, 0.4) is 0 Å². The molecule has 1 spiro atoms. The molecule has 1 saturated carbocycles. The Morgan fingerprint density at radius 3 is 2.64 bits per heavy atom. The topological polar surface area (TPSA) is 23.1 Å². The number of likely N-dealkylation sites (tertiary alicyclic amines) is 1. The van der Waals surface area contributed by atoms with Crippen molar-refractivity contribution in [1.29, 1.82) is 0 Å². The first-order valence-corrected chi connectivity index (χ1v) is 4.60. The molecule has 2 aliphatic rings. The lowest BCUT2D eigenvalue weighted by atomic mass is 9.70. The molecule has 2 fully saturated rings. The monoisotopic (exact) mass is 154 g/mol. The average Bonchev–Trinajstić information content (AvgIpc) is 1.91. The Morgan fingerprint density at radius 2 is 2.18 bits per heavy atom. The van der Waals surface area contributed by atoms with Crippen LogP contribution in [0.5, 0.6) is 0 Å². The molecule has 0 amide bonds. The van der Waals surface area contributed by atoms with Crippen LogP contribution < -0.4 is 0 Å². The molecular formula is C9H16NO.